The van der Waals surface area contributed by atoms with Crippen molar-refractivity contribution in [2.75, 3.05) is 0 Å². The van der Waals surface area contributed by atoms with E-state index in [-0.39, 0.29) is 32.7 Å². The number of benzene rings is 2. The molecule has 0 atom stereocenters. The van der Waals surface area contributed by atoms with Crippen molar-refractivity contribution in [1.29, 1.82) is 0 Å². The summed E-state index contributed by atoms with van der Waals surface area (Å²) >= 11 is 0. The summed E-state index contributed by atoms with van der Waals surface area (Å²) in [5.41, 5.74) is 5.00. The summed E-state index contributed by atoms with van der Waals surface area (Å²) in [4.78, 5) is 0. The van der Waals surface area contributed by atoms with Crippen LogP contribution < -0.4 is 0 Å². The molecule has 0 unspecified atom stereocenters. The standard InChI is InChI=1S/C14H13.Y/c1-11-8-9-14(12(2)10-11)13-6-4-3-5-7-13;/h3-8,10H,1-2H3;/q-1;+3. The fourth-order valence-electron chi connectivity index (χ4n) is 1.67. The van der Waals surface area contributed by atoms with Crippen LogP contribution in [0.2, 0.25) is 0 Å². The molecule has 0 fully saturated rings. The molecule has 0 saturated carbocycles. The second-order valence-corrected chi connectivity index (χ2v) is 3.60. The van der Waals surface area contributed by atoms with Gasteiger partial charge in [0.1, 0.15) is 0 Å². The van der Waals surface area contributed by atoms with E-state index in [9.17, 15) is 0 Å². The van der Waals surface area contributed by atoms with Crippen LogP contribution in [0.5, 0.6) is 0 Å². The first-order valence-electron chi connectivity index (χ1n) is 4.82. The van der Waals surface area contributed by atoms with Gasteiger partial charge in [0.25, 0.3) is 0 Å². The van der Waals surface area contributed by atoms with E-state index in [0.717, 1.165) is 0 Å². The molecule has 2 aromatic rings. The first-order chi connectivity index (χ1) is 6.77. The van der Waals surface area contributed by atoms with Gasteiger partial charge in [-0.05, 0) is 0 Å². The second kappa shape index (κ2) is 5.58. The molecule has 0 aromatic heterocycles. The summed E-state index contributed by atoms with van der Waals surface area (Å²) in [6.45, 7) is 4.23. The average Bonchev–Trinajstić information content (AvgIpc) is 2.19. The predicted molar refractivity (Wildman–Crippen MR) is 60.2 cm³/mol. The van der Waals surface area contributed by atoms with E-state index in [1.54, 1.807) is 0 Å². The fraction of sp³-hybridized carbons (Fsp3) is 0.143. The van der Waals surface area contributed by atoms with E-state index in [4.69, 9.17) is 0 Å². The van der Waals surface area contributed by atoms with Gasteiger partial charge in [0.15, 0.2) is 0 Å². The molecule has 0 bridgehead atoms. The molecule has 0 aliphatic rings. The van der Waals surface area contributed by atoms with Crippen molar-refractivity contribution >= 4 is 0 Å². The van der Waals surface area contributed by atoms with Crippen molar-refractivity contribution < 1.29 is 32.7 Å². The maximum absolute atomic E-state index is 3.32. The van der Waals surface area contributed by atoms with E-state index in [0.29, 0.717) is 0 Å². The Bertz CT molecular complexity index is 432. The molecule has 0 amide bonds. The van der Waals surface area contributed by atoms with Crippen molar-refractivity contribution in [3.8, 4) is 11.1 Å². The summed E-state index contributed by atoms with van der Waals surface area (Å²) in [6.07, 6.45) is 0. The van der Waals surface area contributed by atoms with Crippen LogP contribution in [-0.2, 0) is 32.7 Å². The summed E-state index contributed by atoms with van der Waals surface area (Å²) < 4.78 is 0. The third-order valence-corrected chi connectivity index (χ3v) is 2.35. The minimum absolute atomic E-state index is 0. The Kier molecular flexibility index (Phi) is 4.69. The van der Waals surface area contributed by atoms with Crippen LogP contribution >= 0.6 is 0 Å². The molecule has 0 aliphatic carbocycles. The Morgan fingerprint density at radius 1 is 1.00 bits per heavy atom. The molecule has 0 heterocycles. The molecule has 70 valence electrons. The number of rotatable bonds is 1. The van der Waals surface area contributed by atoms with E-state index >= 15 is 0 Å². The predicted octanol–water partition coefficient (Wildman–Crippen LogP) is 3.77. The van der Waals surface area contributed by atoms with Crippen molar-refractivity contribution in [3.63, 3.8) is 0 Å². The van der Waals surface area contributed by atoms with Gasteiger partial charge >= 0.3 is 32.7 Å². The maximum Gasteiger partial charge on any atom is 3.00 e. The Balaban J connectivity index is 0.00000112. The smallest absolute Gasteiger partial charge is 0.144 e. The van der Waals surface area contributed by atoms with Gasteiger partial charge in [0.2, 0.25) is 0 Å². The molecule has 1 heteroatoms. The zero-order valence-electron chi connectivity index (χ0n) is 9.12. The van der Waals surface area contributed by atoms with Crippen LogP contribution in [0, 0.1) is 19.9 Å². The minimum atomic E-state index is 0. The SMILES string of the molecule is Cc1c[c-]c(-c2ccccc2)c(C)c1.[Y+3]. The summed E-state index contributed by atoms with van der Waals surface area (Å²) in [5, 5.41) is 0. The van der Waals surface area contributed by atoms with Gasteiger partial charge in [-0.15, -0.1) is 34.9 Å². The van der Waals surface area contributed by atoms with Crippen LogP contribution in [0.3, 0.4) is 0 Å². The number of aryl methyl sites for hydroxylation is 2. The minimum Gasteiger partial charge on any atom is -0.144 e. The molecule has 0 saturated heterocycles. The van der Waals surface area contributed by atoms with Crippen molar-refractivity contribution in [2.45, 2.75) is 13.8 Å². The molecule has 0 spiro atoms. The molecule has 15 heavy (non-hydrogen) atoms. The van der Waals surface area contributed by atoms with Crippen LogP contribution in [0.1, 0.15) is 11.1 Å². The Morgan fingerprint density at radius 3 is 2.27 bits per heavy atom. The molecule has 0 nitrogen and oxygen atoms in total. The van der Waals surface area contributed by atoms with Crippen molar-refractivity contribution in [3.05, 3.63) is 59.7 Å². The average molecular weight is 270 g/mol. The molecular weight excluding hydrogens is 257 g/mol. The Morgan fingerprint density at radius 2 is 1.67 bits per heavy atom. The van der Waals surface area contributed by atoms with Gasteiger partial charge in [-0.1, -0.05) is 49.7 Å². The molecule has 2 aromatic carbocycles. The molecule has 0 N–H and O–H groups in total. The number of hydrogen-bond acceptors (Lipinski definition) is 0. The molecule has 0 aliphatic heterocycles. The van der Waals surface area contributed by atoms with Crippen LogP contribution in [0.25, 0.3) is 11.1 Å². The van der Waals surface area contributed by atoms with Gasteiger partial charge in [-0.3, -0.25) is 0 Å². The van der Waals surface area contributed by atoms with E-state index < -0.39 is 0 Å². The molecule has 2 rings (SSSR count). The zero-order valence-corrected chi connectivity index (χ0v) is 12.0. The summed E-state index contributed by atoms with van der Waals surface area (Å²) in [5.74, 6) is 0. The van der Waals surface area contributed by atoms with Crippen molar-refractivity contribution in [2.24, 2.45) is 0 Å². The topological polar surface area (TPSA) is 0 Å². The van der Waals surface area contributed by atoms with Crippen LogP contribution in [0.4, 0.5) is 0 Å². The van der Waals surface area contributed by atoms with Gasteiger partial charge in [0.05, 0.1) is 0 Å². The second-order valence-electron chi connectivity index (χ2n) is 3.60. The fourth-order valence-corrected chi connectivity index (χ4v) is 1.67. The zero-order chi connectivity index (χ0) is 9.97. The first-order valence-corrected chi connectivity index (χ1v) is 4.82. The quantitative estimate of drug-likeness (QED) is 0.692. The van der Waals surface area contributed by atoms with Gasteiger partial charge in [0, 0.05) is 0 Å². The largest absolute Gasteiger partial charge is 3.00 e. The van der Waals surface area contributed by atoms with Gasteiger partial charge in [-0.2, -0.15) is 0 Å². The summed E-state index contributed by atoms with van der Waals surface area (Å²) in [7, 11) is 0. The van der Waals surface area contributed by atoms with Crippen molar-refractivity contribution in [1.82, 2.24) is 0 Å². The van der Waals surface area contributed by atoms with E-state index in [1.165, 1.54) is 22.3 Å². The van der Waals surface area contributed by atoms with E-state index in [1.807, 2.05) is 12.1 Å². The van der Waals surface area contributed by atoms with Crippen LogP contribution in [0.15, 0.2) is 42.5 Å². The van der Waals surface area contributed by atoms with Gasteiger partial charge < -0.3 is 0 Å². The third kappa shape index (κ3) is 3.00. The normalized spacial score (nSPS) is 9.47. The maximum atomic E-state index is 3.32. The Labute approximate surface area is 117 Å². The Hall–Kier alpha value is -0.456. The van der Waals surface area contributed by atoms with E-state index in [2.05, 4.69) is 50.2 Å². The molecule has 0 radical (unpaired) electrons. The number of hydrogen-bond donors (Lipinski definition) is 0. The summed E-state index contributed by atoms with van der Waals surface area (Å²) in [6, 6.07) is 17.9. The first kappa shape index (κ1) is 12.6. The third-order valence-electron chi connectivity index (χ3n) is 2.35. The van der Waals surface area contributed by atoms with Crippen LogP contribution in [-0.4, -0.2) is 0 Å². The van der Waals surface area contributed by atoms with Gasteiger partial charge in [-0.25, -0.2) is 0 Å². The monoisotopic (exact) mass is 270 g/mol. The molecular formula is C14H13Y+2.